The molecule has 1 aromatic carbocycles. The van der Waals surface area contributed by atoms with E-state index in [9.17, 15) is 19.5 Å². The molecule has 2 atom stereocenters. The molecule has 1 rings (SSSR count). The fourth-order valence-electron chi connectivity index (χ4n) is 2.13. The van der Waals surface area contributed by atoms with Crippen molar-refractivity contribution in [2.24, 2.45) is 5.92 Å². The molecule has 0 saturated carbocycles. The minimum Gasteiger partial charge on any atom is -0.480 e. The number of carboxylic acids is 1. The summed E-state index contributed by atoms with van der Waals surface area (Å²) >= 11 is 0. The summed E-state index contributed by atoms with van der Waals surface area (Å²) in [7, 11) is 0. The maximum atomic E-state index is 12.2. The Morgan fingerprint density at radius 3 is 2.32 bits per heavy atom. The summed E-state index contributed by atoms with van der Waals surface area (Å²) in [6, 6.07) is 7.31. The van der Waals surface area contributed by atoms with Gasteiger partial charge < -0.3 is 15.7 Å². The highest BCUT2D eigenvalue weighted by Crippen LogP contribution is 2.07. The summed E-state index contributed by atoms with van der Waals surface area (Å²) in [6.07, 6.45) is 1.10. The van der Waals surface area contributed by atoms with E-state index in [4.69, 9.17) is 0 Å². The molecule has 2 unspecified atom stereocenters. The molecule has 0 radical (unpaired) electrons. The van der Waals surface area contributed by atoms with Gasteiger partial charge in [0, 0.05) is 6.42 Å². The summed E-state index contributed by atoms with van der Waals surface area (Å²) in [5.74, 6) is -1.39. The first-order valence-electron chi connectivity index (χ1n) is 7.20. The number of carbonyl (C=O) groups is 3. The van der Waals surface area contributed by atoms with E-state index in [1.54, 1.807) is 12.1 Å². The number of nitrogens with one attached hydrogen (secondary N) is 2. The Kier molecular flexibility index (Phi) is 7.08. The van der Waals surface area contributed by atoms with Gasteiger partial charge in [0.15, 0.2) is 0 Å². The van der Waals surface area contributed by atoms with Gasteiger partial charge in [-0.15, -0.1) is 0 Å². The van der Waals surface area contributed by atoms with Gasteiger partial charge in [0.25, 0.3) is 0 Å². The lowest BCUT2D eigenvalue weighted by Crippen LogP contribution is -2.51. The van der Waals surface area contributed by atoms with E-state index in [0.29, 0.717) is 12.8 Å². The van der Waals surface area contributed by atoms with E-state index in [0.717, 1.165) is 5.56 Å². The van der Waals surface area contributed by atoms with Crippen molar-refractivity contribution in [1.82, 2.24) is 10.6 Å². The molecule has 0 aliphatic heterocycles. The van der Waals surface area contributed by atoms with Crippen molar-refractivity contribution in [2.45, 2.75) is 38.8 Å². The van der Waals surface area contributed by atoms with Crippen LogP contribution in [0, 0.1) is 5.92 Å². The third-order valence-corrected chi connectivity index (χ3v) is 3.19. The second-order valence-corrected chi connectivity index (χ2v) is 5.56. The Morgan fingerprint density at radius 2 is 1.82 bits per heavy atom. The number of benzene rings is 1. The maximum Gasteiger partial charge on any atom is 0.326 e. The fourth-order valence-corrected chi connectivity index (χ4v) is 2.13. The monoisotopic (exact) mass is 306 g/mol. The molecule has 0 aliphatic carbocycles. The van der Waals surface area contributed by atoms with Crippen LogP contribution in [0.1, 0.15) is 25.8 Å². The van der Waals surface area contributed by atoms with Gasteiger partial charge in [0.05, 0.1) is 0 Å². The number of hydrogen-bond acceptors (Lipinski definition) is 3. The van der Waals surface area contributed by atoms with Crippen molar-refractivity contribution in [1.29, 1.82) is 0 Å². The zero-order valence-corrected chi connectivity index (χ0v) is 12.8. The lowest BCUT2D eigenvalue weighted by molar-refractivity contribution is -0.142. The van der Waals surface area contributed by atoms with Gasteiger partial charge in [-0.05, 0) is 17.9 Å². The van der Waals surface area contributed by atoms with Gasteiger partial charge in [-0.3, -0.25) is 9.59 Å². The zero-order valence-electron chi connectivity index (χ0n) is 12.8. The molecule has 1 aromatic rings. The Labute approximate surface area is 129 Å². The van der Waals surface area contributed by atoms with Crippen LogP contribution in [0.3, 0.4) is 0 Å². The third-order valence-electron chi connectivity index (χ3n) is 3.19. The quantitative estimate of drug-likeness (QED) is 0.592. The molecule has 0 spiro atoms. The van der Waals surface area contributed by atoms with Gasteiger partial charge in [0.1, 0.15) is 12.1 Å². The van der Waals surface area contributed by atoms with Crippen LogP contribution < -0.4 is 10.6 Å². The van der Waals surface area contributed by atoms with E-state index in [2.05, 4.69) is 10.6 Å². The Hall–Kier alpha value is -2.37. The number of carbonyl (C=O) groups excluding carboxylic acids is 2. The van der Waals surface area contributed by atoms with Crippen LogP contribution in [-0.4, -0.2) is 35.5 Å². The molecule has 0 heterocycles. The minimum absolute atomic E-state index is 0.192. The van der Waals surface area contributed by atoms with Gasteiger partial charge in [-0.1, -0.05) is 44.2 Å². The predicted octanol–water partition coefficient (Wildman–Crippen LogP) is 0.959. The molecule has 0 aliphatic rings. The van der Waals surface area contributed by atoms with E-state index < -0.39 is 24.0 Å². The van der Waals surface area contributed by atoms with E-state index >= 15 is 0 Å². The highest BCUT2D eigenvalue weighted by Gasteiger charge is 2.25. The predicted molar refractivity (Wildman–Crippen MR) is 82.2 cm³/mol. The summed E-state index contributed by atoms with van der Waals surface area (Å²) in [5, 5.41) is 14.2. The van der Waals surface area contributed by atoms with Gasteiger partial charge in [-0.25, -0.2) is 4.79 Å². The van der Waals surface area contributed by atoms with Crippen LogP contribution in [0.4, 0.5) is 0 Å². The number of hydrogen-bond donors (Lipinski definition) is 3. The molecule has 0 bridgehead atoms. The zero-order chi connectivity index (χ0) is 16.5. The first-order valence-corrected chi connectivity index (χ1v) is 7.20. The van der Waals surface area contributed by atoms with Gasteiger partial charge in [0.2, 0.25) is 12.3 Å². The topological polar surface area (TPSA) is 95.5 Å². The van der Waals surface area contributed by atoms with Crippen molar-refractivity contribution >= 4 is 18.3 Å². The largest absolute Gasteiger partial charge is 0.480 e. The smallest absolute Gasteiger partial charge is 0.326 e. The van der Waals surface area contributed by atoms with Gasteiger partial charge >= 0.3 is 5.97 Å². The fraction of sp³-hybridized carbons (Fsp3) is 0.438. The number of aliphatic carboxylic acids is 1. The first kappa shape index (κ1) is 17.7. The standard InChI is InChI=1S/C16H22N2O4/c1-11(2)8-13(17-10-19)15(20)18-14(16(21)22)9-12-6-4-3-5-7-12/h3-7,10-11,13-14H,8-9H2,1-2H3,(H,17,19)(H,18,20)(H,21,22). The van der Waals surface area contributed by atoms with Crippen molar-refractivity contribution in [2.75, 3.05) is 0 Å². The average molecular weight is 306 g/mol. The SMILES string of the molecule is CC(C)CC(NC=O)C(=O)NC(Cc1ccccc1)C(=O)O. The van der Waals surface area contributed by atoms with E-state index in [-0.39, 0.29) is 12.3 Å². The van der Waals surface area contributed by atoms with E-state index in [1.807, 2.05) is 32.0 Å². The van der Waals surface area contributed by atoms with Crippen molar-refractivity contribution < 1.29 is 19.5 Å². The molecule has 6 heteroatoms. The van der Waals surface area contributed by atoms with Crippen LogP contribution in [-0.2, 0) is 20.8 Å². The van der Waals surface area contributed by atoms with Crippen LogP contribution in [0.5, 0.6) is 0 Å². The number of rotatable bonds is 9. The second kappa shape index (κ2) is 8.81. The third kappa shape index (κ3) is 5.95. The van der Waals surface area contributed by atoms with Crippen LogP contribution >= 0.6 is 0 Å². The lowest BCUT2D eigenvalue weighted by Gasteiger charge is -2.21. The van der Waals surface area contributed by atoms with Crippen molar-refractivity contribution in [3.63, 3.8) is 0 Å². The molecule has 6 nitrogen and oxygen atoms in total. The van der Waals surface area contributed by atoms with E-state index in [1.165, 1.54) is 0 Å². The first-order chi connectivity index (χ1) is 10.4. The van der Waals surface area contributed by atoms with Crippen LogP contribution in [0.2, 0.25) is 0 Å². The Balaban J connectivity index is 2.74. The van der Waals surface area contributed by atoms with Crippen molar-refractivity contribution in [3.05, 3.63) is 35.9 Å². The van der Waals surface area contributed by atoms with Crippen molar-refractivity contribution in [3.8, 4) is 0 Å². The lowest BCUT2D eigenvalue weighted by atomic mass is 10.0. The molecule has 120 valence electrons. The summed E-state index contributed by atoms with van der Waals surface area (Å²) in [5.41, 5.74) is 0.818. The number of amides is 2. The highest BCUT2D eigenvalue weighted by molar-refractivity contribution is 5.88. The highest BCUT2D eigenvalue weighted by atomic mass is 16.4. The van der Waals surface area contributed by atoms with Crippen LogP contribution in [0.25, 0.3) is 0 Å². The second-order valence-electron chi connectivity index (χ2n) is 5.56. The maximum absolute atomic E-state index is 12.2. The Morgan fingerprint density at radius 1 is 1.18 bits per heavy atom. The molecular weight excluding hydrogens is 284 g/mol. The molecule has 22 heavy (non-hydrogen) atoms. The molecule has 0 fully saturated rings. The van der Waals surface area contributed by atoms with Crippen LogP contribution in [0.15, 0.2) is 30.3 Å². The summed E-state index contributed by atoms with van der Waals surface area (Å²) in [6.45, 7) is 3.84. The average Bonchev–Trinajstić information content (AvgIpc) is 2.46. The number of carboxylic acid groups (broad SMARTS) is 1. The normalized spacial score (nSPS) is 13.2. The minimum atomic E-state index is -1.10. The van der Waals surface area contributed by atoms with Gasteiger partial charge in [-0.2, -0.15) is 0 Å². The Bertz CT molecular complexity index is 502. The molecule has 3 N–H and O–H groups in total. The molecular formula is C16H22N2O4. The molecule has 0 saturated heterocycles. The molecule has 0 aromatic heterocycles. The molecule has 2 amide bonds. The summed E-state index contributed by atoms with van der Waals surface area (Å²) in [4.78, 5) is 34.1. The summed E-state index contributed by atoms with van der Waals surface area (Å²) < 4.78 is 0.